The van der Waals surface area contributed by atoms with E-state index in [-0.39, 0.29) is 12.4 Å². The van der Waals surface area contributed by atoms with Crippen LogP contribution in [0, 0.1) is 5.41 Å². The minimum Gasteiger partial charge on any atom is -0.489 e. The molecule has 0 amide bonds. The summed E-state index contributed by atoms with van der Waals surface area (Å²) in [6.07, 6.45) is -2.87. The van der Waals surface area contributed by atoms with E-state index in [1.807, 2.05) is 0 Å². The molecule has 7 heteroatoms. The number of aromatic nitrogens is 1. The summed E-state index contributed by atoms with van der Waals surface area (Å²) < 4.78 is 42.7. The molecule has 4 nitrogen and oxygen atoms in total. The number of amidine groups is 1. The molecule has 1 aromatic carbocycles. The first-order chi connectivity index (χ1) is 9.88. The van der Waals surface area contributed by atoms with E-state index in [2.05, 4.69) is 4.98 Å². The van der Waals surface area contributed by atoms with Gasteiger partial charge in [0.1, 0.15) is 23.9 Å². The van der Waals surface area contributed by atoms with E-state index in [1.165, 1.54) is 18.3 Å². The lowest BCUT2D eigenvalue weighted by molar-refractivity contribution is -0.137. The quantitative estimate of drug-likeness (QED) is 0.673. The molecule has 0 fully saturated rings. The van der Waals surface area contributed by atoms with Gasteiger partial charge in [-0.2, -0.15) is 13.2 Å². The first kappa shape index (κ1) is 14.8. The summed E-state index contributed by atoms with van der Waals surface area (Å²) >= 11 is 0. The maximum atomic E-state index is 12.4. The highest BCUT2D eigenvalue weighted by Crippen LogP contribution is 2.30. The van der Waals surface area contributed by atoms with Crippen molar-refractivity contribution in [3.63, 3.8) is 0 Å². The highest BCUT2D eigenvalue weighted by atomic mass is 19.4. The Morgan fingerprint density at radius 1 is 1.19 bits per heavy atom. The molecule has 0 spiro atoms. The zero-order chi connectivity index (χ0) is 15.5. The average Bonchev–Trinajstić information content (AvgIpc) is 2.45. The second-order valence-electron chi connectivity index (χ2n) is 4.24. The van der Waals surface area contributed by atoms with Gasteiger partial charge in [-0.05, 0) is 30.3 Å². The molecule has 3 N–H and O–H groups in total. The van der Waals surface area contributed by atoms with Gasteiger partial charge in [-0.25, -0.2) is 0 Å². The van der Waals surface area contributed by atoms with Gasteiger partial charge in [0.2, 0.25) is 0 Å². The first-order valence-corrected chi connectivity index (χ1v) is 5.96. The standard InChI is InChI=1S/C14H12F3N3O/c15-14(16,17)10-3-5-11(6-4-10)21-8-9-2-1-7-20-12(9)13(18)19/h1-7H,8H2,(H3,18,19). The number of benzene rings is 1. The molecule has 0 aliphatic carbocycles. The van der Waals surface area contributed by atoms with Crippen molar-refractivity contribution in [1.29, 1.82) is 5.41 Å². The normalized spacial score (nSPS) is 11.2. The topological polar surface area (TPSA) is 72.0 Å². The summed E-state index contributed by atoms with van der Waals surface area (Å²) in [5, 5.41) is 7.39. The van der Waals surface area contributed by atoms with Gasteiger partial charge in [-0.3, -0.25) is 10.4 Å². The molecular formula is C14H12F3N3O. The van der Waals surface area contributed by atoms with E-state index in [0.29, 0.717) is 17.0 Å². The molecule has 0 aliphatic rings. The molecule has 0 unspecified atom stereocenters. The van der Waals surface area contributed by atoms with Crippen LogP contribution in [0.1, 0.15) is 16.8 Å². The number of nitrogens with two attached hydrogens (primary N) is 1. The Morgan fingerprint density at radius 3 is 2.43 bits per heavy atom. The maximum Gasteiger partial charge on any atom is 0.416 e. The van der Waals surface area contributed by atoms with E-state index >= 15 is 0 Å². The van der Waals surface area contributed by atoms with Crippen LogP contribution in [-0.2, 0) is 12.8 Å². The van der Waals surface area contributed by atoms with E-state index < -0.39 is 11.7 Å². The molecule has 2 aromatic rings. The second-order valence-corrected chi connectivity index (χ2v) is 4.24. The summed E-state index contributed by atoms with van der Waals surface area (Å²) in [6.45, 7) is 0.0636. The van der Waals surface area contributed by atoms with Gasteiger partial charge in [-0.15, -0.1) is 0 Å². The molecule has 0 atom stereocenters. The highest BCUT2D eigenvalue weighted by Gasteiger charge is 2.30. The fourth-order valence-corrected chi connectivity index (χ4v) is 1.70. The lowest BCUT2D eigenvalue weighted by atomic mass is 10.2. The molecule has 0 bridgehead atoms. The highest BCUT2D eigenvalue weighted by molar-refractivity contribution is 5.94. The first-order valence-electron chi connectivity index (χ1n) is 5.96. The fraction of sp³-hybridized carbons (Fsp3) is 0.143. The van der Waals surface area contributed by atoms with E-state index in [0.717, 1.165) is 12.1 Å². The van der Waals surface area contributed by atoms with Gasteiger partial charge in [0, 0.05) is 11.8 Å². The van der Waals surface area contributed by atoms with E-state index in [9.17, 15) is 13.2 Å². The number of hydrogen-bond donors (Lipinski definition) is 2. The molecule has 1 heterocycles. The van der Waals surface area contributed by atoms with E-state index in [4.69, 9.17) is 15.9 Å². The maximum absolute atomic E-state index is 12.4. The predicted molar refractivity (Wildman–Crippen MR) is 71.0 cm³/mol. The number of halogens is 3. The summed E-state index contributed by atoms with van der Waals surface area (Å²) in [7, 11) is 0. The van der Waals surface area contributed by atoms with E-state index in [1.54, 1.807) is 12.1 Å². The molecule has 0 aliphatic heterocycles. The lowest BCUT2D eigenvalue weighted by Crippen LogP contribution is -2.16. The van der Waals surface area contributed by atoms with Gasteiger partial charge in [0.05, 0.1) is 5.56 Å². The predicted octanol–water partition coefficient (Wildman–Crippen LogP) is 2.96. The van der Waals surface area contributed by atoms with Crippen LogP contribution in [0.2, 0.25) is 0 Å². The number of nitrogens with zero attached hydrogens (tertiary/aromatic N) is 1. The number of alkyl halides is 3. The largest absolute Gasteiger partial charge is 0.489 e. The van der Waals surface area contributed by atoms with Crippen LogP contribution in [0.15, 0.2) is 42.6 Å². The minimum absolute atomic E-state index is 0.0636. The monoisotopic (exact) mass is 295 g/mol. The molecule has 0 radical (unpaired) electrons. The fourth-order valence-electron chi connectivity index (χ4n) is 1.70. The number of hydrogen-bond acceptors (Lipinski definition) is 3. The van der Waals surface area contributed by atoms with Crippen molar-refractivity contribution in [2.75, 3.05) is 0 Å². The Kier molecular flexibility index (Phi) is 4.11. The van der Waals surface area contributed by atoms with Gasteiger partial charge < -0.3 is 10.5 Å². The van der Waals surface area contributed by atoms with Gasteiger partial charge in [0.25, 0.3) is 0 Å². The Balaban J connectivity index is 2.09. The third-order valence-corrected chi connectivity index (χ3v) is 2.72. The Morgan fingerprint density at radius 2 is 1.86 bits per heavy atom. The van der Waals surface area contributed by atoms with Crippen LogP contribution in [0.3, 0.4) is 0 Å². The molecular weight excluding hydrogens is 283 g/mol. The number of ether oxygens (including phenoxy) is 1. The Bertz CT molecular complexity index is 639. The second kappa shape index (κ2) is 5.82. The third kappa shape index (κ3) is 3.71. The van der Waals surface area contributed by atoms with Crippen molar-refractivity contribution in [2.45, 2.75) is 12.8 Å². The molecule has 1 aromatic heterocycles. The lowest BCUT2D eigenvalue weighted by Gasteiger charge is -2.11. The molecule has 21 heavy (non-hydrogen) atoms. The van der Waals surface area contributed by atoms with Crippen LogP contribution in [-0.4, -0.2) is 10.8 Å². The Hall–Kier alpha value is -2.57. The SMILES string of the molecule is N=C(N)c1ncccc1COc1ccc(C(F)(F)F)cc1. The van der Waals surface area contributed by atoms with Crippen molar-refractivity contribution in [3.8, 4) is 5.75 Å². The van der Waals surface area contributed by atoms with Crippen LogP contribution in [0.5, 0.6) is 5.75 Å². The molecule has 0 saturated carbocycles. The summed E-state index contributed by atoms with van der Waals surface area (Å²) in [5.41, 5.74) is 5.54. The van der Waals surface area contributed by atoms with Crippen molar-refractivity contribution in [2.24, 2.45) is 5.73 Å². The minimum atomic E-state index is -4.37. The van der Waals surface area contributed by atoms with Crippen LogP contribution < -0.4 is 10.5 Å². The Labute approximate surface area is 118 Å². The zero-order valence-electron chi connectivity index (χ0n) is 10.8. The third-order valence-electron chi connectivity index (χ3n) is 2.72. The molecule has 2 rings (SSSR count). The molecule has 0 saturated heterocycles. The number of rotatable bonds is 4. The average molecular weight is 295 g/mol. The van der Waals surface area contributed by atoms with Gasteiger partial charge in [-0.1, -0.05) is 6.07 Å². The summed E-state index contributed by atoms with van der Waals surface area (Å²) in [5.74, 6) is 0.1000. The molecule has 110 valence electrons. The zero-order valence-corrected chi connectivity index (χ0v) is 10.8. The van der Waals surface area contributed by atoms with Crippen molar-refractivity contribution >= 4 is 5.84 Å². The van der Waals surface area contributed by atoms with Crippen LogP contribution in [0.25, 0.3) is 0 Å². The summed E-state index contributed by atoms with van der Waals surface area (Å²) in [6, 6.07) is 7.74. The number of pyridine rings is 1. The van der Waals surface area contributed by atoms with Crippen LogP contribution >= 0.6 is 0 Å². The summed E-state index contributed by atoms with van der Waals surface area (Å²) in [4.78, 5) is 3.96. The van der Waals surface area contributed by atoms with Crippen molar-refractivity contribution in [1.82, 2.24) is 4.98 Å². The van der Waals surface area contributed by atoms with Gasteiger partial charge in [0.15, 0.2) is 0 Å². The van der Waals surface area contributed by atoms with Gasteiger partial charge >= 0.3 is 6.18 Å². The van der Waals surface area contributed by atoms with Crippen LogP contribution in [0.4, 0.5) is 13.2 Å². The van der Waals surface area contributed by atoms with Crippen molar-refractivity contribution in [3.05, 3.63) is 59.4 Å². The van der Waals surface area contributed by atoms with Crippen molar-refractivity contribution < 1.29 is 17.9 Å². The smallest absolute Gasteiger partial charge is 0.416 e. The number of nitrogens with one attached hydrogen (secondary N) is 1. The number of nitrogen functional groups attached to an aromatic ring is 1.